The molecular weight excluding hydrogens is 216 g/mol. The SMILES string of the molecule is O=CCCCCc1nc(-c2ccccn2)co1. The van der Waals surface area contributed by atoms with Crippen LogP contribution in [0.15, 0.2) is 35.1 Å². The van der Waals surface area contributed by atoms with Gasteiger partial charge in [0.15, 0.2) is 5.89 Å². The Kier molecular flexibility index (Phi) is 4.02. The average Bonchev–Trinajstić information content (AvgIpc) is 2.85. The number of aromatic nitrogens is 2. The zero-order valence-electron chi connectivity index (χ0n) is 9.50. The Labute approximate surface area is 99.7 Å². The predicted octanol–water partition coefficient (Wildman–Crippen LogP) is 2.65. The van der Waals surface area contributed by atoms with Crippen molar-refractivity contribution in [1.82, 2.24) is 9.97 Å². The summed E-state index contributed by atoms with van der Waals surface area (Å²) in [5, 5.41) is 0. The van der Waals surface area contributed by atoms with Gasteiger partial charge in [0, 0.05) is 19.0 Å². The van der Waals surface area contributed by atoms with E-state index in [1.54, 1.807) is 12.5 Å². The lowest BCUT2D eigenvalue weighted by atomic mass is 10.2. The van der Waals surface area contributed by atoms with E-state index in [-0.39, 0.29) is 0 Å². The summed E-state index contributed by atoms with van der Waals surface area (Å²) in [6, 6.07) is 5.68. The van der Waals surface area contributed by atoms with Crippen LogP contribution in [0.4, 0.5) is 0 Å². The molecule has 0 radical (unpaired) electrons. The third kappa shape index (κ3) is 3.24. The minimum absolute atomic E-state index is 0.605. The highest BCUT2D eigenvalue weighted by atomic mass is 16.3. The standard InChI is InChI=1S/C13H14N2O2/c16-9-5-1-2-7-13-15-12(10-17-13)11-6-3-4-8-14-11/h3-4,6,8-10H,1-2,5,7H2. The number of aldehydes is 1. The van der Waals surface area contributed by atoms with Crippen LogP contribution in [0.25, 0.3) is 11.4 Å². The number of carbonyl (C=O) groups is 1. The molecule has 0 fully saturated rings. The molecule has 0 aliphatic carbocycles. The third-order valence-corrected chi connectivity index (χ3v) is 2.44. The summed E-state index contributed by atoms with van der Waals surface area (Å²) >= 11 is 0. The number of nitrogens with zero attached hydrogens (tertiary/aromatic N) is 2. The number of oxazole rings is 1. The molecular formula is C13H14N2O2. The first-order valence-corrected chi connectivity index (χ1v) is 5.69. The fourth-order valence-corrected chi connectivity index (χ4v) is 1.56. The second kappa shape index (κ2) is 5.94. The average molecular weight is 230 g/mol. The van der Waals surface area contributed by atoms with Gasteiger partial charge in [-0.2, -0.15) is 0 Å². The molecule has 0 spiro atoms. The number of hydrogen-bond donors (Lipinski definition) is 0. The molecule has 0 saturated heterocycles. The minimum atomic E-state index is 0.605. The van der Waals surface area contributed by atoms with Crippen LogP contribution in [0.5, 0.6) is 0 Å². The van der Waals surface area contributed by atoms with E-state index >= 15 is 0 Å². The third-order valence-electron chi connectivity index (χ3n) is 2.44. The maximum absolute atomic E-state index is 10.2. The van der Waals surface area contributed by atoms with Crippen molar-refractivity contribution < 1.29 is 9.21 Å². The summed E-state index contributed by atoms with van der Waals surface area (Å²) in [5.74, 6) is 0.705. The Morgan fingerprint density at radius 2 is 2.18 bits per heavy atom. The van der Waals surface area contributed by atoms with Crippen LogP contribution in [0.1, 0.15) is 25.2 Å². The van der Waals surface area contributed by atoms with E-state index in [4.69, 9.17) is 4.42 Å². The molecule has 2 rings (SSSR count). The Balaban J connectivity index is 1.94. The normalized spacial score (nSPS) is 10.4. The number of pyridine rings is 1. The van der Waals surface area contributed by atoms with Crippen LogP contribution in [-0.2, 0) is 11.2 Å². The van der Waals surface area contributed by atoms with Crippen LogP contribution >= 0.6 is 0 Å². The number of carbonyl (C=O) groups excluding carboxylic acids is 1. The smallest absolute Gasteiger partial charge is 0.194 e. The highest BCUT2D eigenvalue weighted by molar-refractivity contribution is 5.51. The maximum Gasteiger partial charge on any atom is 0.194 e. The molecule has 17 heavy (non-hydrogen) atoms. The molecule has 0 bridgehead atoms. The summed E-state index contributed by atoms with van der Waals surface area (Å²) in [7, 11) is 0. The maximum atomic E-state index is 10.2. The van der Waals surface area contributed by atoms with Crippen molar-refractivity contribution in [2.24, 2.45) is 0 Å². The van der Waals surface area contributed by atoms with Crippen molar-refractivity contribution in [2.75, 3.05) is 0 Å². The molecule has 4 nitrogen and oxygen atoms in total. The van der Waals surface area contributed by atoms with Crippen molar-refractivity contribution in [1.29, 1.82) is 0 Å². The van der Waals surface area contributed by atoms with E-state index < -0.39 is 0 Å². The van der Waals surface area contributed by atoms with Crippen LogP contribution in [0.3, 0.4) is 0 Å². The Morgan fingerprint density at radius 3 is 2.94 bits per heavy atom. The first-order valence-electron chi connectivity index (χ1n) is 5.69. The van der Waals surface area contributed by atoms with E-state index in [1.807, 2.05) is 18.2 Å². The molecule has 0 aliphatic heterocycles. The highest BCUT2D eigenvalue weighted by Gasteiger charge is 2.06. The van der Waals surface area contributed by atoms with Crippen LogP contribution in [0, 0.1) is 0 Å². The second-order valence-electron chi connectivity index (χ2n) is 3.75. The fraction of sp³-hybridized carbons (Fsp3) is 0.308. The summed E-state index contributed by atoms with van der Waals surface area (Å²) < 4.78 is 5.36. The van der Waals surface area contributed by atoms with Gasteiger partial charge >= 0.3 is 0 Å². The van der Waals surface area contributed by atoms with E-state index in [0.29, 0.717) is 12.3 Å². The highest BCUT2D eigenvalue weighted by Crippen LogP contribution is 2.16. The van der Waals surface area contributed by atoms with E-state index in [0.717, 1.165) is 36.9 Å². The summed E-state index contributed by atoms with van der Waals surface area (Å²) in [5.41, 5.74) is 1.58. The first kappa shape index (κ1) is 11.5. The quantitative estimate of drug-likeness (QED) is 0.565. The van der Waals surface area contributed by atoms with Crippen molar-refractivity contribution in [2.45, 2.75) is 25.7 Å². The molecule has 0 aliphatic rings. The van der Waals surface area contributed by atoms with E-state index in [9.17, 15) is 4.79 Å². The van der Waals surface area contributed by atoms with Crippen LogP contribution < -0.4 is 0 Å². The lowest BCUT2D eigenvalue weighted by Gasteiger charge is -1.93. The van der Waals surface area contributed by atoms with Gasteiger partial charge in [0.2, 0.25) is 0 Å². The fourth-order valence-electron chi connectivity index (χ4n) is 1.56. The van der Waals surface area contributed by atoms with Crippen molar-refractivity contribution in [3.63, 3.8) is 0 Å². The number of unbranched alkanes of at least 4 members (excludes halogenated alkanes) is 2. The Hall–Kier alpha value is -1.97. The molecule has 0 unspecified atom stereocenters. The van der Waals surface area contributed by atoms with Gasteiger partial charge in [-0.05, 0) is 25.0 Å². The first-order chi connectivity index (χ1) is 8.40. The summed E-state index contributed by atoms with van der Waals surface area (Å²) in [6.45, 7) is 0. The van der Waals surface area contributed by atoms with Crippen molar-refractivity contribution in [3.8, 4) is 11.4 Å². The molecule has 88 valence electrons. The van der Waals surface area contributed by atoms with E-state index in [2.05, 4.69) is 9.97 Å². The van der Waals surface area contributed by atoms with Gasteiger partial charge in [0.25, 0.3) is 0 Å². The van der Waals surface area contributed by atoms with Crippen LogP contribution in [-0.4, -0.2) is 16.3 Å². The molecule has 4 heteroatoms. The number of rotatable bonds is 6. The van der Waals surface area contributed by atoms with E-state index in [1.165, 1.54) is 0 Å². The Bertz CT molecular complexity index is 465. The number of aryl methyl sites for hydroxylation is 1. The van der Waals surface area contributed by atoms with Crippen LogP contribution in [0.2, 0.25) is 0 Å². The topological polar surface area (TPSA) is 56.0 Å². The van der Waals surface area contributed by atoms with Gasteiger partial charge in [-0.15, -0.1) is 0 Å². The summed E-state index contributed by atoms with van der Waals surface area (Å²) in [6.07, 6.45) is 7.46. The molecule has 2 aromatic heterocycles. The van der Waals surface area contributed by atoms with Gasteiger partial charge < -0.3 is 9.21 Å². The lowest BCUT2D eigenvalue weighted by Crippen LogP contribution is -1.87. The molecule has 0 N–H and O–H groups in total. The van der Waals surface area contributed by atoms with Gasteiger partial charge in [-0.1, -0.05) is 6.07 Å². The number of hydrogen-bond acceptors (Lipinski definition) is 4. The van der Waals surface area contributed by atoms with Gasteiger partial charge in [0.1, 0.15) is 18.2 Å². The molecule has 0 atom stereocenters. The molecule has 0 aromatic carbocycles. The largest absolute Gasteiger partial charge is 0.448 e. The predicted molar refractivity (Wildman–Crippen MR) is 63.4 cm³/mol. The summed E-state index contributed by atoms with van der Waals surface area (Å²) in [4.78, 5) is 18.7. The second-order valence-corrected chi connectivity index (χ2v) is 3.75. The minimum Gasteiger partial charge on any atom is -0.448 e. The van der Waals surface area contributed by atoms with Gasteiger partial charge in [-0.3, -0.25) is 4.98 Å². The lowest BCUT2D eigenvalue weighted by molar-refractivity contribution is -0.107. The molecule has 2 heterocycles. The Morgan fingerprint density at radius 1 is 1.24 bits per heavy atom. The monoisotopic (exact) mass is 230 g/mol. The van der Waals surface area contributed by atoms with Crippen molar-refractivity contribution >= 4 is 6.29 Å². The molecule has 0 saturated carbocycles. The van der Waals surface area contributed by atoms with Gasteiger partial charge in [-0.25, -0.2) is 4.98 Å². The molecule has 0 amide bonds. The van der Waals surface area contributed by atoms with Gasteiger partial charge in [0.05, 0.1) is 5.69 Å². The van der Waals surface area contributed by atoms with Crippen molar-refractivity contribution in [3.05, 3.63) is 36.5 Å². The zero-order valence-corrected chi connectivity index (χ0v) is 9.50. The zero-order chi connectivity index (χ0) is 11.9. The molecule has 2 aromatic rings.